The van der Waals surface area contributed by atoms with Crippen LogP contribution in [0.1, 0.15) is 26.2 Å². The van der Waals surface area contributed by atoms with Gasteiger partial charge in [-0.25, -0.2) is 4.68 Å². The minimum absolute atomic E-state index is 0.230. The van der Waals surface area contributed by atoms with Gasteiger partial charge in [0.1, 0.15) is 5.02 Å². The minimum atomic E-state index is -0.230. The molecule has 1 aromatic heterocycles. The van der Waals surface area contributed by atoms with Crippen LogP contribution in [0.4, 0.5) is 5.69 Å². The zero-order valence-corrected chi connectivity index (χ0v) is 13.0. The van der Waals surface area contributed by atoms with Crippen LogP contribution >= 0.6 is 11.6 Å². The average molecular weight is 299 g/mol. The first-order chi connectivity index (χ1) is 9.63. The molecule has 6 heteroatoms. The van der Waals surface area contributed by atoms with Gasteiger partial charge in [0, 0.05) is 20.1 Å². The van der Waals surface area contributed by atoms with Crippen LogP contribution in [0, 0.1) is 5.92 Å². The van der Waals surface area contributed by atoms with E-state index in [-0.39, 0.29) is 10.6 Å². The number of hydrogen-bond donors (Lipinski definition) is 1. The summed E-state index contributed by atoms with van der Waals surface area (Å²) in [6, 6.07) is 0. The number of nitrogens with zero attached hydrogens (tertiary/aromatic N) is 3. The first kappa shape index (κ1) is 15.3. The summed E-state index contributed by atoms with van der Waals surface area (Å²) in [5.74, 6) is 0.607. The van der Waals surface area contributed by atoms with Gasteiger partial charge in [0.05, 0.1) is 11.9 Å². The van der Waals surface area contributed by atoms with Crippen LogP contribution in [0.25, 0.3) is 0 Å². The molecule has 1 saturated heterocycles. The maximum atomic E-state index is 11.9. The number of aryl methyl sites for hydroxylation is 1. The minimum Gasteiger partial charge on any atom is -0.369 e. The Labute approximate surface area is 124 Å². The van der Waals surface area contributed by atoms with E-state index < -0.39 is 0 Å². The Kier molecular flexibility index (Phi) is 5.43. The zero-order valence-electron chi connectivity index (χ0n) is 12.2. The molecule has 0 radical (unpaired) electrons. The smallest absolute Gasteiger partial charge is 0.287 e. The lowest BCUT2D eigenvalue weighted by molar-refractivity contribution is 0.376. The number of hydrogen-bond acceptors (Lipinski definition) is 4. The van der Waals surface area contributed by atoms with E-state index in [1.807, 2.05) is 0 Å². The second-order valence-electron chi connectivity index (χ2n) is 5.43. The van der Waals surface area contributed by atoms with E-state index in [0.29, 0.717) is 5.92 Å². The second-order valence-corrected chi connectivity index (χ2v) is 5.81. The highest BCUT2D eigenvalue weighted by Crippen LogP contribution is 2.23. The summed E-state index contributed by atoms with van der Waals surface area (Å²) in [4.78, 5) is 14.1. The van der Waals surface area contributed by atoms with Crippen molar-refractivity contribution in [3.8, 4) is 0 Å². The van der Waals surface area contributed by atoms with Crippen LogP contribution < -0.4 is 15.8 Å². The average Bonchev–Trinajstić information content (AvgIpc) is 2.46. The molecular weight excluding hydrogens is 276 g/mol. The van der Waals surface area contributed by atoms with Crippen molar-refractivity contribution in [1.29, 1.82) is 0 Å². The van der Waals surface area contributed by atoms with Crippen LogP contribution in [0.3, 0.4) is 0 Å². The van der Waals surface area contributed by atoms with E-state index in [1.54, 1.807) is 13.2 Å². The molecule has 20 heavy (non-hydrogen) atoms. The van der Waals surface area contributed by atoms with Gasteiger partial charge < -0.3 is 10.2 Å². The number of rotatable bonds is 5. The SMILES string of the molecule is CCCN(CC1CCCNC1)c1cnn(C)c(=O)c1Cl. The van der Waals surface area contributed by atoms with Gasteiger partial charge in [-0.05, 0) is 38.3 Å². The first-order valence-corrected chi connectivity index (χ1v) is 7.68. The number of anilines is 1. The van der Waals surface area contributed by atoms with Gasteiger partial charge in [0.25, 0.3) is 5.56 Å². The second kappa shape index (κ2) is 7.09. The molecule has 1 atom stereocenters. The molecule has 0 spiro atoms. The van der Waals surface area contributed by atoms with Gasteiger partial charge in [-0.15, -0.1) is 0 Å². The Bertz CT molecular complexity index is 496. The predicted octanol–water partition coefficient (Wildman–Crippen LogP) is 1.65. The molecule has 0 bridgehead atoms. The van der Waals surface area contributed by atoms with Crippen molar-refractivity contribution in [3.63, 3.8) is 0 Å². The number of halogens is 1. The quantitative estimate of drug-likeness (QED) is 0.898. The molecule has 112 valence electrons. The Morgan fingerprint density at radius 2 is 2.40 bits per heavy atom. The predicted molar refractivity (Wildman–Crippen MR) is 82.6 cm³/mol. The van der Waals surface area contributed by atoms with Gasteiger partial charge >= 0.3 is 0 Å². The van der Waals surface area contributed by atoms with Gasteiger partial charge in [0.15, 0.2) is 0 Å². The lowest BCUT2D eigenvalue weighted by Crippen LogP contribution is -2.39. The summed E-state index contributed by atoms with van der Waals surface area (Å²) in [6.07, 6.45) is 5.16. The summed E-state index contributed by atoms with van der Waals surface area (Å²) in [7, 11) is 1.62. The van der Waals surface area contributed by atoms with Gasteiger partial charge in [-0.2, -0.15) is 5.10 Å². The van der Waals surface area contributed by atoms with E-state index in [4.69, 9.17) is 11.6 Å². The normalized spacial score (nSPS) is 19.1. The standard InChI is InChI=1S/C14H23ClN4O/c1-3-7-19(10-11-5-4-6-16-8-11)12-9-17-18(2)14(20)13(12)15/h9,11,16H,3-8,10H2,1-2H3. The highest BCUT2D eigenvalue weighted by molar-refractivity contribution is 6.33. The van der Waals surface area contributed by atoms with Crippen LogP contribution in [-0.4, -0.2) is 36.0 Å². The first-order valence-electron chi connectivity index (χ1n) is 7.31. The molecule has 1 fully saturated rings. The molecule has 0 saturated carbocycles. The molecule has 2 heterocycles. The fourth-order valence-electron chi connectivity index (χ4n) is 2.69. The van der Waals surface area contributed by atoms with E-state index >= 15 is 0 Å². The highest BCUT2D eigenvalue weighted by Gasteiger charge is 2.20. The lowest BCUT2D eigenvalue weighted by atomic mass is 9.99. The van der Waals surface area contributed by atoms with Crippen molar-refractivity contribution in [1.82, 2.24) is 15.1 Å². The monoisotopic (exact) mass is 298 g/mol. The van der Waals surface area contributed by atoms with Crippen LogP contribution in [0.15, 0.2) is 11.0 Å². The molecule has 1 N–H and O–H groups in total. The molecule has 1 unspecified atom stereocenters. The van der Waals surface area contributed by atoms with Crippen molar-refractivity contribution >= 4 is 17.3 Å². The van der Waals surface area contributed by atoms with E-state index in [1.165, 1.54) is 17.5 Å². The topological polar surface area (TPSA) is 50.2 Å². The number of aromatic nitrogens is 2. The highest BCUT2D eigenvalue weighted by atomic mass is 35.5. The Morgan fingerprint density at radius 1 is 1.60 bits per heavy atom. The third kappa shape index (κ3) is 3.52. The summed E-state index contributed by atoms with van der Waals surface area (Å²) in [6.45, 7) is 6.10. The summed E-state index contributed by atoms with van der Waals surface area (Å²) < 4.78 is 1.28. The fourth-order valence-corrected chi connectivity index (χ4v) is 2.98. The summed E-state index contributed by atoms with van der Waals surface area (Å²) >= 11 is 6.22. The third-order valence-corrected chi connectivity index (χ3v) is 4.13. The molecule has 1 aromatic rings. The van der Waals surface area contributed by atoms with Gasteiger partial charge in [-0.1, -0.05) is 18.5 Å². The Morgan fingerprint density at radius 3 is 3.05 bits per heavy atom. The molecule has 1 aliphatic heterocycles. The molecule has 0 aromatic carbocycles. The molecule has 0 amide bonds. The van der Waals surface area contributed by atoms with Crippen molar-refractivity contribution in [2.75, 3.05) is 31.1 Å². The fraction of sp³-hybridized carbons (Fsp3) is 0.714. The summed E-state index contributed by atoms with van der Waals surface area (Å²) in [5.41, 5.74) is 0.536. The van der Waals surface area contributed by atoms with E-state index in [0.717, 1.165) is 38.3 Å². The molecular formula is C14H23ClN4O. The van der Waals surface area contributed by atoms with Gasteiger partial charge in [0.2, 0.25) is 0 Å². The van der Waals surface area contributed by atoms with E-state index in [9.17, 15) is 4.79 Å². The Hall–Kier alpha value is -1.07. The molecule has 2 rings (SSSR count). The summed E-state index contributed by atoms with van der Waals surface area (Å²) in [5, 5.41) is 7.80. The Balaban J connectivity index is 2.19. The lowest BCUT2D eigenvalue weighted by Gasteiger charge is -2.31. The molecule has 1 aliphatic rings. The maximum absolute atomic E-state index is 11.9. The van der Waals surface area contributed by atoms with E-state index in [2.05, 4.69) is 22.2 Å². The largest absolute Gasteiger partial charge is 0.369 e. The molecule has 0 aliphatic carbocycles. The third-order valence-electron chi connectivity index (χ3n) is 3.77. The van der Waals surface area contributed by atoms with Crippen molar-refractivity contribution in [3.05, 3.63) is 21.6 Å². The number of nitrogens with one attached hydrogen (secondary N) is 1. The number of piperidine rings is 1. The maximum Gasteiger partial charge on any atom is 0.287 e. The van der Waals surface area contributed by atoms with Crippen molar-refractivity contribution in [2.24, 2.45) is 13.0 Å². The van der Waals surface area contributed by atoms with Gasteiger partial charge in [-0.3, -0.25) is 4.79 Å². The van der Waals surface area contributed by atoms with Crippen molar-refractivity contribution < 1.29 is 0 Å². The van der Waals surface area contributed by atoms with Crippen LogP contribution in [0.2, 0.25) is 5.02 Å². The van der Waals surface area contributed by atoms with Crippen LogP contribution in [-0.2, 0) is 7.05 Å². The van der Waals surface area contributed by atoms with Crippen molar-refractivity contribution in [2.45, 2.75) is 26.2 Å². The molecule has 5 nitrogen and oxygen atoms in total. The van der Waals surface area contributed by atoms with Crippen LogP contribution in [0.5, 0.6) is 0 Å². The zero-order chi connectivity index (χ0) is 14.5.